The standard InChI is InChI=1S/C27H32ClN5O2S/c1-16-12-21(10-11-29-16)32-26(34)23(13-19-6-4-5-7-19)33-27(35)25-9-8-24(36-25)18(3)31-22-14-20(28)15-30-17(22)2/h8-12,14-15,18-19,23,31H,4-7,13H2,1-3H3,(H,33,35)(H,29,32,34). The van der Waals surface area contributed by atoms with Gasteiger partial charge in [-0.05, 0) is 63.4 Å². The van der Waals surface area contributed by atoms with Crippen LogP contribution in [0.15, 0.2) is 42.7 Å². The summed E-state index contributed by atoms with van der Waals surface area (Å²) >= 11 is 7.51. The highest BCUT2D eigenvalue weighted by atomic mass is 35.5. The van der Waals surface area contributed by atoms with E-state index < -0.39 is 6.04 Å². The summed E-state index contributed by atoms with van der Waals surface area (Å²) in [7, 11) is 0. The number of hydrogen-bond donors (Lipinski definition) is 3. The highest BCUT2D eigenvalue weighted by Crippen LogP contribution is 2.30. The van der Waals surface area contributed by atoms with E-state index in [1.807, 2.05) is 45.0 Å². The van der Waals surface area contributed by atoms with Gasteiger partial charge in [-0.15, -0.1) is 11.3 Å². The molecule has 2 amide bonds. The molecule has 1 saturated carbocycles. The topological polar surface area (TPSA) is 96.0 Å². The maximum absolute atomic E-state index is 13.2. The molecule has 0 radical (unpaired) electrons. The lowest BCUT2D eigenvalue weighted by atomic mass is 9.97. The van der Waals surface area contributed by atoms with Crippen molar-refractivity contribution in [3.63, 3.8) is 0 Å². The van der Waals surface area contributed by atoms with E-state index in [0.29, 0.717) is 27.9 Å². The Labute approximate surface area is 221 Å². The summed E-state index contributed by atoms with van der Waals surface area (Å²) < 4.78 is 0. The Kier molecular flexibility index (Phi) is 8.59. The Bertz CT molecular complexity index is 1220. The van der Waals surface area contributed by atoms with Crippen LogP contribution in [0.3, 0.4) is 0 Å². The van der Waals surface area contributed by atoms with E-state index in [9.17, 15) is 9.59 Å². The fourth-order valence-electron chi connectivity index (χ4n) is 4.56. The van der Waals surface area contributed by atoms with Crippen LogP contribution in [0.1, 0.15) is 71.0 Å². The number of nitrogens with zero attached hydrogens (tertiary/aromatic N) is 2. The molecule has 0 spiro atoms. The lowest BCUT2D eigenvalue weighted by molar-refractivity contribution is -0.118. The number of aryl methyl sites for hydroxylation is 2. The summed E-state index contributed by atoms with van der Waals surface area (Å²) in [6.07, 6.45) is 8.47. The van der Waals surface area contributed by atoms with Gasteiger partial charge in [0, 0.05) is 28.7 Å². The summed E-state index contributed by atoms with van der Waals surface area (Å²) in [5.41, 5.74) is 3.21. The van der Waals surface area contributed by atoms with Gasteiger partial charge in [0.25, 0.3) is 5.91 Å². The van der Waals surface area contributed by atoms with Crippen LogP contribution in [0.5, 0.6) is 0 Å². The number of amides is 2. The molecule has 3 aromatic heterocycles. The van der Waals surface area contributed by atoms with Crippen molar-refractivity contribution < 1.29 is 9.59 Å². The molecule has 7 nitrogen and oxygen atoms in total. The van der Waals surface area contributed by atoms with Crippen LogP contribution in [-0.2, 0) is 4.79 Å². The van der Waals surface area contributed by atoms with E-state index in [2.05, 4.69) is 25.9 Å². The van der Waals surface area contributed by atoms with Crippen molar-refractivity contribution in [2.24, 2.45) is 5.92 Å². The van der Waals surface area contributed by atoms with E-state index >= 15 is 0 Å². The summed E-state index contributed by atoms with van der Waals surface area (Å²) in [6, 6.07) is 8.54. The molecule has 9 heteroatoms. The number of aromatic nitrogens is 2. The molecule has 3 heterocycles. The van der Waals surface area contributed by atoms with Crippen LogP contribution in [0.25, 0.3) is 0 Å². The molecule has 0 bridgehead atoms. The summed E-state index contributed by atoms with van der Waals surface area (Å²) in [5.74, 6) is 0.0117. The average Bonchev–Trinajstić information content (AvgIpc) is 3.53. The minimum absolute atomic E-state index is 0.0389. The van der Waals surface area contributed by atoms with E-state index in [1.165, 1.54) is 24.2 Å². The van der Waals surface area contributed by atoms with Gasteiger partial charge in [-0.25, -0.2) is 0 Å². The normalized spacial score (nSPS) is 15.3. The zero-order valence-electron chi connectivity index (χ0n) is 20.8. The molecule has 36 heavy (non-hydrogen) atoms. The van der Waals surface area contributed by atoms with Gasteiger partial charge in [0.2, 0.25) is 5.91 Å². The van der Waals surface area contributed by atoms with E-state index in [4.69, 9.17) is 11.6 Å². The number of carbonyl (C=O) groups excluding carboxylic acids is 2. The van der Waals surface area contributed by atoms with Crippen molar-refractivity contribution in [2.75, 3.05) is 10.6 Å². The molecule has 2 atom stereocenters. The molecule has 3 aromatic rings. The number of carbonyl (C=O) groups is 2. The van der Waals surface area contributed by atoms with Crippen LogP contribution in [0.4, 0.5) is 11.4 Å². The molecule has 0 saturated heterocycles. The Balaban J connectivity index is 1.44. The Morgan fingerprint density at radius 2 is 1.92 bits per heavy atom. The maximum Gasteiger partial charge on any atom is 0.262 e. The van der Waals surface area contributed by atoms with Gasteiger partial charge in [0.15, 0.2) is 0 Å². The largest absolute Gasteiger partial charge is 0.376 e. The van der Waals surface area contributed by atoms with Gasteiger partial charge in [-0.3, -0.25) is 19.6 Å². The van der Waals surface area contributed by atoms with E-state index in [1.54, 1.807) is 18.5 Å². The lowest BCUT2D eigenvalue weighted by Crippen LogP contribution is -2.44. The molecule has 0 aliphatic heterocycles. The average molecular weight is 526 g/mol. The number of pyridine rings is 2. The molecule has 190 valence electrons. The van der Waals surface area contributed by atoms with Crippen molar-refractivity contribution in [3.05, 3.63) is 68.9 Å². The Hall–Kier alpha value is -2.97. The van der Waals surface area contributed by atoms with Gasteiger partial charge in [-0.2, -0.15) is 0 Å². The molecule has 1 fully saturated rings. The molecule has 1 aliphatic carbocycles. The Morgan fingerprint density at radius 3 is 2.67 bits per heavy atom. The monoisotopic (exact) mass is 525 g/mol. The second-order valence-corrected chi connectivity index (χ2v) is 11.0. The first-order valence-electron chi connectivity index (χ1n) is 12.3. The molecular weight excluding hydrogens is 494 g/mol. The third kappa shape index (κ3) is 6.83. The van der Waals surface area contributed by atoms with Crippen molar-refractivity contribution in [3.8, 4) is 0 Å². The van der Waals surface area contributed by atoms with Crippen LogP contribution < -0.4 is 16.0 Å². The maximum atomic E-state index is 13.2. The van der Waals surface area contributed by atoms with E-state index in [-0.39, 0.29) is 17.9 Å². The SMILES string of the molecule is Cc1cc(NC(=O)C(CC2CCCC2)NC(=O)c2ccc(C(C)Nc3cc(Cl)cnc3C)s2)ccn1. The molecular formula is C27H32ClN5O2S. The highest BCUT2D eigenvalue weighted by Gasteiger charge is 2.28. The van der Waals surface area contributed by atoms with Crippen LogP contribution in [-0.4, -0.2) is 27.8 Å². The highest BCUT2D eigenvalue weighted by molar-refractivity contribution is 7.14. The first kappa shape index (κ1) is 26.1. The van der Waals surface area contributed by atoms with Crippen molar-refractivity contribution in [2.45, 2.75) is 65.0 Å². The predicted octanol–water partition coefficient (Wildman–Crippen LogP) is 6.30. The van der Waals surface area contributed by atoms with Gasteiger partial charge in [0.05, 0.1) is 27.3 Å². The zero-order valence-corrected chi connectivity index (χ0v) is 22.4. The first-order chi connectivity index (χ1) is 17.3. The second-order valence-electron chi connectivity index (χ2n) is 9.44. The van der Waals surface area contributed by atoms with Crippen molar-refractivity contribution >= 4 is 46.1 Å². The first-order valence-corrected chi connectivity index (χ1v) is 13.5. The number of rotatable bonds is 9. The fraction of sp³-hybridized carbons (Fsp3) is 0.407. The zero-order chi connectivity index (χ0) is 25.7. The predicted molar refractivity (Wildman–Crippen MR) is 146 cm³/mol. The number of halogens is 1. The molecule has 3 N–H and O–H groups in total. The third-order valence-electron chi connectivity index (χ3n) is 6.53. The summed E-state index contributed by atoms with van der Waals surface area (Å²) in [5, 5.41) is 9.95. The van der Waals surface area contributed by atoms with Gasteiger partial charge in [0.1, 0.15) is 6.04 Å². The number of anilines is 2. The van der Waals surface area contributed by atoms with Gasteiger partial charge in [-0.1, -0.05) is 37.3 Å². The van der Waals surface area contributed by atoms with Crippen molar-refractivity contribution in [1.82, 2.24) is 15.3 Å². The summed E-state index contributed by atoms with van der Waals surface area (Å²) in [4.78, 5) is 36.4. The van der Waals surface area contributed by atoms with Crippen LogP contribution >= 0.6 is 22.9 Å². The second kappa shape index (κ2) is 11.8. The number of hydrogen-bond acceptors (Lipinski definition) is 6. The van der Waals surface area contributed by atoms with Crippen LogP contribution in [0, 0.1) is 19.8 Å². The molecule has 0 aromatic carbocycles. The van der Waals surface area contributed by atoms with Crippen LogP contribution in [0.2, 0.25) is 5.02 Å². The molecule has 2 unspecified atom stereocenters. The minimum atomic E-state index is -0.602. The Morgan fingerprint density at radius 1 is 1.14 bits per heavy atom. The fourth-order valence-corrected chi connectivity index (χ4v) is 5.63. The molecule has 4 rings (SSSR count). The van der Waals surface area contributed by atoms with Gasteiger partial charge < -0.3 is 16.0 Å². The lowest BCUT2D eigenvalue weighted by Gasteiger charge is -2.21. The van der Waals surface area contributed by atoms with Gasteiger partial charge >= 0.3 is 0 Å². The number of thiophene rings is 1. The third-order valence-corrected chi connectivity index (χ3v) is 8.01. The van der Waals surface area contributed by atoms with Crippen molar-refractivity contribution in [1.29, 1.82) is 0 Å². The quantitative estimate of drug-likeness (QED) is 0.304. The smallest absolute Gasteiger partial charge is 0.262 e. The summed E-state index contributed by atoms with van der Waals surface area (Å²) in [6.45, 7) is 5.82. The number of nitrogens with one attached hydrogen (secondary N) is 3. The minimum Gasteiger partial charge on any atom is -0.376 e. The molecule has 1 aliphatic rings. The van der Waals surface area contributed by atoms with E-state index in [0.717, 1.165) is 34.8 Å².